The quantitative estimate of drug-likeness (QED) is 0.610. The number of nitrogens with zero attached hydrogens (tertiary/aromatic N) is 2. The summed E-state index contributed by atoms with van der Waals surface area (Å²) in [6.45, 7) is 1.41. The molecule has 0 bridgehead atoms. The fourth-order valence-electron chi connectivity index (χ4n) is 0.521. The molecule has 0 radical (unpaired) electrons. The highest BCUT2D eigenvalue weighted by Gasteiger charge is 1.93. The van der Waals surface area contributed by atoms with Crippen molar-refractivity contribution in [3.63, 3.8) is 0 Å². The average molecular weight is 137 g/mol. The number of aromatic nitrogens is 2. The average Bonchev–Trinajstić information content (AvgIpc) is 1.88. The molecule has 0 spiro atoms. The van der Waals surface area contributed by atoms with Crippen molar-refractivity contribution in [2.75, 3.05) is 5.32 Å². The normalized spacial score (nSPS) is 8.90. The van der Waals surface area contributed by atoms with Gasteiger partial charge in [-0.15, -0.1) is 0 Å². The summed E-state index contributed by atoms with van der Waals surface area (Å²) >= 11 is 0. The molecule has 1 rings (SSSR count). The van der Waals surface area contributed by atoms with Gasteiger partial charge in [-0.3, -0.25) is 10.1 Å². The molecule has 0 fully saturated rings. The van der Waals surface area contributed by atoms with E-state index in [-0.39, 0.29) is 5.91 Å². The number of carbonyl (C=O) groups excluding carboxylic acids is 1. The zero-order valence-electron chi connectivity index (χ0n) is 5.53. The molecule has 0 aliphatic rings. The standard InChI is InChI=1S/C6H7N3O/c1-5(10)9-6-7-3-2-4-8-6/h2-4H,1H3,(H,7,8,9,10). The van der Waals surface area contributed by atoms with E-state index >= 15 is 0 Å². The van der Waals surface area contributed by atoms with Crippen LogP contribution in [0, 0.1) is 0 Å². The SMILES string of the molecule is CC(=O)Nc1ncccn1. The van der Waals surface area contributed by atoms with Crippen molar-refractivity contribution in [1.82, 2.24) is 9.97 Å². The maximum Gasteiger partial charge on any atom is 0.229 e. The Labute approximate surface area is 58.3 Å². The Hall–Kier alpha value is -1.45. The van der Waals surface area contributed by atoms with Crippen LogP contribution in [0.3, 0.4) is 0 Å². The Balaban J connectivity index is 2.67. The molecule has 1 heterocycles. The molecule has 4 nitrogen and oxygen atoms in total. The Morgan fingerprint density at radius 1 is 1.50 bits per heavy atom. The maximum atomic E-state index is 10.4. The van der Waals surface area contributed by atoms with Crippen molar-refractivity contribution in [2.24, 2.45) is 0 Å². The molecule has 0 aliphatic heterocycles. The zero-order chi connectivity index (χ0) is 7.40. The van der Waals surface area contributed by atoms with Crippen LogP contribution in [-0.2, 0) is 4.79 Å². The molecule has 4 heteroatoms. The molecule has 1 aromatic heterocycles. The molecule has 0 aliphatic carbocycles. The minimum absolute atomic E-state index is 0.161. The second-order valence-electron chi connectivity index (χ2n) is 1.75. The van der Waals surface area contributed by atoms with Gasteiger partial charge in [0.05, 0.1) is 0 Å². The van der Waals surface area contributed by atoms with E-state index in [1.54, 1.807) is 18.5 Å². The van der Waals surface area contributed by atoms with Gasteiger partial charge in [0.1, 0.15) is 0 Å². The second kappa shape index (κ2) is 2.91. The van der Waals surface area contributed by atoms with Crippen LogP contribution in [0.1, 0.15) is 6.92 Å². The first-order chi connectivity index (χ1) is 4.79. The van der Waals surface area contributed by atoms with Crippen molar-refractivity contribution in [3.05, 3.63) is 18.5 Å². The molecule has 0 atom stereocenters. The van der Waals surface area contributed by atoms with Gasteiger partial charge in [0, 0.05) is 19.3 Å². The Morgan fingerprint density at radius 2 is 2.10 bits per heavy atom. The highest BCUT2D eigenvalue weighted by molar-refractivity contribution is 5.86. The second-order valence-corrected chi connectivity index (χ2v) is 1.75. The molecule has 0 saturated heterocycles. The highest BCUT2D eigenvalue weighted by Crippen LogP contribution is 1.91. The van der Waals surface area contributed by atoms with Gasteiger partial charge in [-0.1, -0.05) is 0 Å². The number of rotatable bonds is 1. The summed E-state index contributed by atoms with van der Waals surface area (Å²) in [5.41, 5.74) is 0. The summed E-state index contributed by atoms with van der Waals surface area (Å²) in [4.78, 5) is 18.0. The van der Waals surface area contributed by atoms with E-state index in [0.29, 0.717) is 5.95 Å². The van der Waals surface area contributed by atoms with Gasteiger partial charge in [-0.05, 0) is 6.07 Å². The topological polar surface area (TPSA) is 54.9 Å². The number of hydrogen-bond acceptors (Lipinski definition) is 3. The fourth-order valence-corrected chi connectivity index (χ4v) is 0.521. The van der Waals surface area contributed by atoms with Crippen molar-refractivity contribution in [2.45, 2.75) is 6.92 Å². The van der Waals surface area contributed by atoms with Crippen LogP contribution >= 0.6 is 0 Å². The molecular weight excluding hydrogens is 130 g/mol. The molecule has 10 heavy (non-hydrogen) atoms. The summed E-state index contributed by atoms with van der Waals surface area (Å²) < 4.78 is 0. The van der Waals surface area contributed by atoms with Crippen LogP contribution in [-0.4, -0.2) is 15.9 Å². The van der Waals surface area contributed by atoms with Gasteiger partial charge in [0.25, 0.3) is 0 Å². The third-order valence-corrected chi connectivity index (χ3v) is 0.854. The Morgan fingerprint density at radius 3 is 2.60 bits per heavy atom. The van der Waals surface area contributed by atoms with Crippen LogP contribution in [0.25, 0.3) is 0 Å². The molecular formula is C6H7N3O. The smallest absolute Gasteiger partial charge is 0.229 e. The molecule has 0 aromatic carbocycles. The van der Waals surface area contributed by atoms with E-state index in [9.17, 15) is 4.79 Å². The lowest BCUT2D eigenvalue weighted by atomic mass is 10.6. The Bertz CT molecular complexity index is 222. The lowest BCUT2D eigenvalue weighted by molar-refractivity contribution is -0.114. The van der Waals surface area contributed by atoms with Crippen LogP contribution < -0.4 is 5.32 Å². The zero-order valence-corrected chi connectivity index (χ0v) is 5.53. The molecule has 52 valence electrons. The first-order valence-electron chi connectivity index (χ1n) is 2.83. The summed E-state index contributed by atoms with van der Waals surface area (Å²) in [5.74, 6) is 0.182. The van der Waals surface area contributed by atoms with Gasteiger partial charge >= 0.3 is 0 Å². The lowest BCUT2D eigenvalue weighted by Crippen LogP contribution is -2.08. The third kappa shape index (κ3) is 1.81. The van der Waals surface area contributed by atoms with Crippen LogP contribution in [0.15, 0.2) is 18.5 Å². The van der Waals surface area contributed by atoms with Crippen LogP contribution in [0.4, 0.5) is 5.95 Å². The summed E-state index contributed by atoms with van der Waals surface area (Å²) in [6, 6.07) is 1.69. The van der Waals surface area contributed by atoms with E-state index in [1.165, 1.54) is 6.92 Å². The minimum Gasteiger partial charge on any atom is -0.295 e. The largest absolute Gasteiger partial charge is 0.295 e. The summed E-state index contributed by atoms with van der Waals surface area (Å²) in [5, 5.41) is 2.44. The van der Waals surface area contributed by atoms with Gasteiger partial charge in [-0.2, -0.15) is 0 Å². The number of carbonyl (C=O) groups is 1. The number of amides is 1. The maximum absolute atomic E-state index is 10.4. The predicted molar refractivity (Wildman–Crippen MR) is 36.3 cm³/mol. The van der Waals surface area contributed by atoms with Crippen LogP contribution in [0.2, 0.25) is 0 Å². The summed E-state index contributed by atoms with van der Waals surface area (Å²) in [7, 11) is 0. The molecule has 1 aromatic rings. The van der Waals surface area contributed by atoms with Crippen LogP contribution in [0.5, 0.6) is 0 Å². The summed E-state index contributed by atoms with van der Waals surface area (Å²) in [6.07, 6.45) is 3.14. The fraction of sp³-hybridized carbons (Fsp3) is 0.167. The molecule has 1 amide bonds. The third-order valence-electron chi connectivity index (χ3n) is 0.854. The van der Waals surface area contributed by atoms with Gasteiger partial charge < -0.3 is 0 Å². The van der Waals surface area contributed by atoms with Crippen molar-refractivity contribution < 1.29 is 4.79 Å². The molecule has 1 N–H and O–H groups in total. The van der Waals surface area contributed by atoms with Crippen molar-refractivity contribution in [1.29, 1.82) is 0 Å². The monoisotopic (exact) mass is 137 g/mol. The van der Waals surface area contributed by atoms with Crippen molar-refractivity contribution >= 4 is 11.9 Å². The number of anilines is 1. The predicted octanol–water partition coefficient (Wildman–Crippen LogP) is 0.435. The number of nitrogens with one attached hydrogen (secondary N) is 1. The van der Waals surface area contributed by atoms with Gasteiger partial charge in [-0.25, -0.2) is 9.97 Å². The molecule has 0 saturated carbocycles. The lowest BCUT2D eigenvalue weighted by Gasteiger charge is -1.95. The van der Waals surface area contributed by atoms with E-state index in [1.807, 2.05) is 0 Å². The van der Waals surface area contributed by atoms with Gasteiger partial charge in [0.2, 0.25) is 11.9 Å². The highest BCUT2D eigenvalue weighted by atomic mass is 16.1. The Kier molecular flexibility index (Phi) is 1.94. The van der Waals surface area contributed by atoms with E-state index in [2.05, 4.69) is 15.3 Å². The van der Waals surface area contributed by atoms with Gasteiger partial charge in [0.15, 0.2) is 0 Å². The van der Waals surface area contributed by atoms with Crippen molar-refractivity contribution in [3.8, 4) is 0 Å². The number of hydrogen-bond donors (Lipinski definition) is 1. The van der Waals surface area contributed by atoms with E-state index in [4.69, 9.17) is 0 Å². The van der Waals surface area contributed by atoms with E-state index < -0.39 is 0 Å². The molecule has 0 unspecified atom stereocenters. The first-order valence-corrected chi connectivity index (χ1v) is 2.83. The van der Waals surface area contributed by atoms with E-state index in [0.717, 1.165) is 0 Å². The minimum atomic E-state index is -0.161. The first kappa shape index (κ1) is 6.67.